The summed E-state index contributed by atoms with van der Waals surface area (Å²) in [7, 11) is 0. The van der Waals surface area contributed by atoms with Gasteiger partial charge in [0, 0.05) is 19.4 Å². The van der Waals surface area contributed by atoms with E-state index in [1.165, 1.54) is 180 Å². The highest BCUT2D eigenvalue weighted by atomic mass is 16.6. The fourth-order valence-corrected chi connectivity index (χ4v) is 6.80. The summed E-state index contributed by atoms with van der Waals surface area (Å²) >= 11 is 0. The zero-order valence-corrected chi connectivity index (χ0v) is 35.4. The second-order valence-corrected chi connectivity index (χ2v) is 15.7. The third-order valence-electron chi connectivity index (χ3n) is 10.3. The van der Waals surface area contributed by atoms with Crippen molar-refractivity contribution in [2.24, 2.45) is 0 Å². The molecule has 0 saturated heterocycles. The predicted molar refractivity (Wildman–Crippen MR) is 224 cm³/mol. The molecule has 0 radical (unpaired) electrons. The van der Waals surface area contributed by atoms with Gasteiger partial charge in [-0.2, -0.15) is 0 Å². The van der Waals surface area contributed by atoms with Gasteiger partial charge in [0.15, 0.2) is 6.10 Å². The first-order valence-corrected chi connectivity index (χ1v) is 23.2. The van der Waals surface area contributed by atoms with Crippen LogP contribution in [0.3, 0.4) is 0 Å². The van der Waals surface area contributed by atoms with Crippen LogP contribution in [0.25, 0.3) is 0 Å². The molecule has 0 aromatic rings. The van der Waals surface area contributed by atoms with E-state index in [0.717, 1.165) is 38.5 Å². The fraction of sp³-hybridized carbons (Fsp3) is 0.915. The smallest absolute Gasteiger partial charge is 0.306 e. The van der Waals surface area contributed by atoms with Crippen molar-refractivity contribution in [3.63, 3.8) is 0 Å². The van der Waals surface area contributed by atoms with Crippen molar-refractivity contribution in [2.45, 2.75) is 258 Å². The molecule has 0 saturated carbocycles. The lowest BCUT2D eigenvalue weighted by Gasteiger charge is -2.18. The number of hydrogen-bond acceptors (Lipinski definition) is 5. The van der Waals surface area contributed by atoms with Gasteiger partial charge in [0.1, 0.15) is 6.61 Å². The van der Waals surface area contributed by atoms with Gasteiger partial charge in [0.05, 0.1) is 6.61 Å². The Morgan fingerprint density at radius 2 is 0.750 bits per heavy atom. The van der Waals surface area contributed by atoms with Crippen molar-refractivity contribution in [1.82, 2.24) is 0 Å². The predicted octanol–water partition coefficient (Wildman–Crippen LogP) is 15.1. The Hall–Kier alpha value is -1.36. The highest BCUT2D eigenvalue weighted by Gasteiger charge is 2.17. The Morgan fingerprint density at radius 3 is 1.17 bits per heavy atom. The summed E-state index contributed by atoms with van der Waals surface area (Å²) in [4.78, 5) is 25.2. The zero-order valence-electron chi connectivity index (χ0n) is 35.4. The molecular formula is C47H90O5. The second kappa shape index (κ2) is 44.0. The zero-order chi connectivity index (χ0) is 37.8. The number of rotatable bonds is 43. The van der Waals surface area contributed by atoms with Gasteiger partial charge in [0.2, 0.25) is 0 Å². The second-order valence-electron chi connectivity index (χ2n) is 15.7. The quantitative estimate of drug-likeness (QED) is 0.0355. The van der Waals surface area contributed by atoms with Gasteiger partial charge in [0.25, 0.3) is 0 Å². The summed E-state index contributed by atoms with van der Waals surface area (Å²) in [5.74, 6) is -0.393. The maximum atomic E-state index is 12.7. The number of hydrogen-bond donors (Lipinski definition) is 0. The molecular weight excluding hydrogens is 645 g/mol. The van der Waals surface area contributed by atoms with Gasteiger partial charge in [-0.05, 0) is 44.9 Å². The largest absolute Gasteiger partial charge is 0.462 e. The minimum atomic E-state index is -0.526. The van der Waals surface area contributed by atoms with Crippen LogP contribution in [0, 0.1) is 0 Å². The van der Waals surface area contributed by atoms with Crippen molar-refractivity contribution < 1.29 is 23.8 Å². The molecule has 1 unspecified atom stereocenters. The van der Waals surface area contributed by atoms with Crippen LogP contribution in [0.5, 0.6) is 0 Å². The minimum Gasteiger partial charge on any atom is -0.462 e. The first-order valence-electron chi connectivity index (χ1n) is 23.2. The van der Waals surface area contributed by atoms with E-state index >= 15 is 0 Å². The summed E-state index contributed by atoms with van der Waals surface area (Å²) in [6.07, 6.45) is 47.7. The maximum Gasteiger partial charge on any atom is 0.306 e. The summed E-state index contributed by atoms with van der Waals surface area (Å²) in [5, 5.41) is 0. The number of esters is 2. The molecule has 0 spiro atoms. The van der Waals surface area contributed by atoms with Crippen molar-refractivity contribution in [2.75, 3.05) is 19.8 Å². The van der Waals surface area contributed by atoms with Gasteiger partial charge in [-0.1, -0.05) is 206 Å². The fourth-order valence-electron chi connectivity index (χ4n) is 6.80. The van der Waals surface area contributed by atoms with Gasteiger partial charge in [-0.3, -0.25) is 9.59 Å². The van der Waals surface area contributed by atoms with Crippen molar-refractivity contribution in [3.8, 4) is 0 Å². The topological polar surface area (TPSA) is 61.8 Å². The summed E-state index contributed by atoms with van der Waals surface area (Å²) in [6, 6.07) is 0. The average Bonchev–Trinajstić information content (AvgIpc) is 3.14. The molecule has 0 bridgehead atoms. The standard InChI is InChI=1S/C47H90O5/c1-4-7-10-13-16-19-22-23-24-25-27-28-31-34-37-40-46(48)51-44-45(43-50-42-39-36-33-30-21-18-15-12-9-6-3)52-47(49)41-38-35-32-29-26-20-17-14-11-8-5-2/h23-24,45H,4-22,25-44H2,1-3H3/b24-23-. The van der Waals surface area contributed by atoms with Gasteiger partial charge in [-0.25, -0.2) is 0 Å². The van der Waals surface area contributed by atoms with Gasteiger partial charge >= 0.3 is 11.9 Å². The van der Waals surface area contributed by atoms with Crippen molar-refractivity contribution >= 4 is 11.9 Å². The number of allylic oxidation sites excluding steroid dienone is 2. The van der Waals surface area contributed by atoms with Crippen LogP contribution in [0.1, 0.15) is 252 Å². The third-order valence-corrected chi connectivity index (χ3v) is 10.3. The van der Waals surface area contributed by atoms with Gasteiger partial charge < -0.3 is 14.2 Å². The number of carbonyl (C=O) groups excluding carboxylic acids is 2. The molecule has 0 heterocycles. The van der Waals surface area contributed by atoms with Crippen LogP contribution in [0.2, 0.25) is 0 Å². The van der Waals surface area contributed by atoms with E-state index < -0.39 is 6.10 Å². The number of carbonyl (C=O) groups is 2. The molecule has 0 aliphatic rings. The van der Waals surface area contributed by atoms with E-state index in [2.05, 4.69) is 32.9 Å². The Balaban J connectivity index is 4.19. The lowest BCUT2D eigenvalue weighted by molar-refractivity contribution is -0.163. The highest BCUT2D eigenvalue weighted by molar-refractivity contribution is 5.70. The molecule has 5 nitrogen and oxygen atoms in total. The molecule has 0 aromatic carbocycles. The van der Waals surface area contributed by atoms with E-state index in [9.17, 15) is 9.59 Å². The lowest BCUT2D eigenvalue weighted by atomic mass is 10.1. The molecule has 0 aliphatic heterocycles. The molecule has 0 N–H and O–H groups in total. The molecule has 0 aromatic heterocycles. The molecule has 308 valence electrons. The monoisotopic (exact) mass is 735 g/mol. The third kappa shape index (κ3) is 41.4. The van der Waals surface area contributed by atoms with E-state index in [1.54, 1.807) is 0 Å². The highest BCUT2D eigenvalue weighted by Crippen LogP contribution is 2.15. The number of ether oxygens (including phenoxy) is 3. The summed E-state index contributed by atoms with van der Waals surface area (Å²) in [5.41, 5.74) is 0. The summed E-state index contributed by atoms with van der Waals surface area (Å²) in [6.45, 7) is 7.84. The molecule has 5 heteroatoms. The number of unbranched alkanes of at least 4 members (excludes halogenated alkanes) is 30. The Kier molecular flexibility index (Phi) is 42.9. The molecule has 0 rings (SSSR count). The van der Waals surface area contributed by atoms with Crippen LogP contribution in [0.15, 0.2) is 12.2 Å². The molecule has 0 amide bonds. The van der Waals surface area contributed by atoms with E-state index in [-0.39, 0.29) is 18.5 Å². The SMILES string of the molecule is CCCCCCCC/C=C\CCCCCCCC(=O)OCC(COCCCCCCCCCCCC)OC(=O)CCCCCCCCCCCCC. The van der Waals surface area contributed by atoms with E-state index in [1.807, 2.05) is 0 Å². The normalized spacial score (nSPS) is 12.1. The molecule has 0 aliphatic carbocycles. The van der Waals surface area contributed by atoms with Crippen molar-refractivity contribution in [3.05, 3.63) is 12.2 Å². The lowest BCUT2D eigenvalue weighted by Crippen LogP contribution is -2.30. The average molecular weight is 735 g/mol. The maximum absolute atomic E-state index is 12.7. The minimum absolute atomic E-state index is 0.0892. The summed E-state index contributed by atoms with van der Waals surface area (Å²) < 4.78 is 17.3. The Morgan fingerprint density at radius 1 is 0.404 bits per heavy atom. The van der Waals surface area contributed by atoms with Crippen LogP contribution >= 0.6 is 0 Å². The molecule has 1 atom stereocenters. The van der Waals surface area contributed by atoms with Crippen molar-refractivity contribution in [1.29, 1.82) is 0 Å². The van der Waals surface area contributed by atoms with Crippen LogP contribution < -0.4 is 0 Å². The van der Waals surface area contributed by atoms with Crippen LogP contribution in [0.4, 0.5) is 0 Å². The first kappa shape index (κ1) is 50.6. The van der Waals surface area contributed by atoms with Gasteiger partial charge in [-0.15, -0.1) is 0 Å². The van der Waals surface area contributed by atoms with E-state index in [0.29, 0.717) is 26.1 Å². The molecule has 0 fully saturated rings. The van der Waals surface area contributed by atoms with Crippen LogP contribution in [-0.4, -0.2) is 37.9 Å². The Labute approximate surface area is 325 Å². The Bertz CT molecular complexity index is 750. The van der Waals surface area contributed by atoms with E-state index in [4.69, 9.17) is 14.2 Å². The first-order chi connectivity index (χ1) is 25.6. The van der Waals surface area contributed by atoms with Crippen LogP contribution in [-0.2, 0) is 23.8 Å². The molecule has 52 heavy (non-hydrogen) atoms.